The molecule has 0 bridgehead atoms. The summed E-state index contributed by atoms with van der Waals surface area (Å²) in [6.07, 6.45) is 0. The Morgan fingerprint density at radius 1 is 1.24 bits per heavy atom. The van der Waals surface area contributed by atoms with Gasteiger partial charge in [-0.1, -0.05) is 17.7 Å². The number of rotatable bonds is 5. The van der Waals surface area contributed by atoms with E-state index < -0.39 is 0 Å². The van der Waals surface area contributed by atoms with Gasteiger partial charge in [-0.25, -0.2) is 0 Å². The van der Waals surface area contributed by atoms with Gasteiger partial charge < -0.3 is 10.1 Å². The van der Waals surface area contributed by atoms with E-state index in [0.717, 1.165) is 16.3 Å². The first kappa shape index (κ1) is 15.7. The SMILES string of the molecule is COc1cccc(SC(C)C(=O)Nc2ccc(Cl)cc2)c1. The molecule has 0 aliphatic carbocycles. The number of hydrogen-bond acceptors (Lipinski definition) is 3. The summed E-state index contributed by atoms with van der Waals surface area (Å²) in [6.45, 7) is 1.87. The van der Waals surface area contributed by atoms with Gasteiger partial charge in [0.15, 0.2) is 0 Å². The molecule has 2 aromatic rings. The fourth-order valence-electron chi connectivity index (χ4n) is 1.71. The second-order valence-corrected chi connectivity index (χ2v) is 6.29. The quantitative estimate of drug-likeness (QED) is 0.826. The molecule has 0 aliphatic rings. The van der Waals surface area contributed by atoms with E-state index in [4.69, 9.17) is 16.3 Å². The second kappa shape index (κ2) is 7.38. The molecule has 0 saturated heterocycles. The number of methoxy groups -OCH3 is 1. The molecule has 1 amide bonds. The first-order valence-corrected chi connectivity index (χ1v) is 7.71. The molecule has 0 heterocycles. The molecule has 5 heteroatoms. The molecule has 0 saturated carbocycles. The monoisotopic (exact) mass is 321 g/mol. The maximum atomic E-state index is 12.2. The van der Waals surface area contributed by atoms with Crippen LogP contribution in [0.5, 0.6) is 5.75 Å². The molecule has 0 fully saturated rings. The van der Waals surface area contributed by atoms with E-state index in [1.807, 2.05) is 31.2 Å². The maximum absolute atomic E-state index is 12.2. The molecular weight excluding hydrogens is 306 g/mol. The smallest absolute Gasteiger partial charge is 0.237 e. The minimum Gasteiger partial charge on any atom is -0.497 e. The van der Waals surface area contributed by atoms with E-state index in [0.29, 0.717) is 5.02 Å². The highest BCUT2D eigenvalue weighted by molar-refractivity contribution is 8.00. The van der Waals surface area contributed by atoms with E-state index in [2.05, 4.69) is 5.32 Å². The molecule has 0 aliphatic heterocycles. The van der Waals surface area contributed by atoms with Crippen LogP contribution in [0.2, 0.25) is 5.02 Å². The van der Waals surface area contributed by atoms with Crippen molar-refractivity contribution >= 4 is 35.0 Å². The summed E-state index contributed by atoms with van der Waals surface area (Å²) < 4.78 is 5.18. The Balaban J connectivity index is 1.97. The van der Waals surface area contributed by atoms with Crippen molar-refractivity contribution in [1.29, 1.82) is 0 Å². The van der Waals surface area contributed by atoms with Crippen LogP contribution in [-0.4, -0.2) is 18.3 Å². The highest BCUT2D eigenvalue weighted by Gasteiger charge is 2.14. The van der Waals surface area contributed by atoms with E-state index in [1.165, 1.54) is 11.8 Å². The van der Waals surface area contributed by atoms with Crippen molar-refractivity contribution in [2.24, 2.45) is 0 Å². The maximum Gasteiger partial charge on any atom is 0.237 e. The van der Waals surface area contributed by atoms with Crippen LogP contribution in [-0.2, 0) is 4.79 Å². The third-order valence-electron chi connectivity index (χ3n) is 2.84. The van der Waals surface area contributed by atoms with Crippen molar-refractivity contribution in [2.45, 2.75) is 17.1 Å². The number of amides is 1. The topological polar surface area (TPSA) is 38.3 Å². The third kappa shape index (κ3) is 4.69. The summed E-state index contributed by atoms with van der Waals surface area (Å²) in [7, 11) is 1.63. The molecule has 110 valence electrons. The summed E-state index contributed by atoms with van der Waals surface area (Å²) in [5.41, 5.74) is 0.738. The van der Waals surface area contributed by atoms with Crippen molar-refractivity contribution in [3.8, 4) is 5.75 Å². The minimum absolute atomic E-state index is 0.0508. The molecule has 0 radical (unpaired) electrons. The lowest BCUT2D eigenvalue weighted by Gasteiger charge is -2.12. The Morgan fingerprint density at radius 3 is 2.62 bits per heavy atom. The Labute approximate surface area is 133 Å². The average Bonchev–Trinajstić information content (AvgIpc) is 2.49. The summed E-state index contributed by atoms with van der Waals surface area (Å²) in [5.74, 6) is 0.732. The first-order valence-electron chi connectivity index (χ1n) is 6.45. The summed E-state index contributed by atoms with van der Waals surface area (Å²) in [6, 6.07) is 14.7. The molecule has 2 aromatic carbocycles. The van der Waals surface area contributed by atoms with Gasteiger partial charge >= 0.3 is 0 Å². The van der Waals surface area contributed by atoms with Gasteiger partial charge in [-0.05, 0) is 49.4 Å². The zero-order valence-electron chi connectivity index (χ0n) is 11.8. The van der Waals surface area contributed by atoms with Crippen LogP contribution < -0.4 is 10.1 Å². The molecule has 3 nitrogen and oxygen atoms in total. The molecular formula is C16H16ClNO2S. The minimum atomic E-state index is -0.215. The molecule has 2 rings (SSSR count). The normalized spacial score (nSPS) is 11.8. The fraction of sp³-hybridized carbons (Fsp3) is 0.188. The lowest BCUT2D eigenvalue weighted by atomic mass is 10.3. The van der Waals surface area contributed by atoms with Gasteiger partial charge in [0.2, 0.25) is 5.91 Å². The number of thioether (sulfide) groups is 1. The summed E-state index contributed by atoms with van der Waals surface area (Å²) in [5, 5.41) is 3.30. The zero-order chi connectivity index (χ0) is 15.2. The predicted octanol–water partition coefficient (Wildman–Crippen LogP) is 4.47. The predicted molar refractivity (Wildman–Crippen MR) is 88.4 cm³/mol. The zero-order valence-corrected chi connectivity index (χ0v) is 13.4. The standard InChI is InChI=1S/C16H16ClNO2S/c1-11(21-15-5-3-4-14(10-15)20-2)16(19)18-13-8-6-12(17)7-9-13/h3-11H,1-2H3,(H,18,19). The lowest BCUT2D eigenvalue weighted by molar-refractivity contribution is -0.115. The molecule has 0 aromatic heterocycles. The molecule has 1 unspecified atom stereocenters. The van der Waals surface area contributed by atoms with Crippen LogP contribution in [0, 0.1) is 0 Å². The highest BCUT2D eigenvalue weighted by Crippen LogP contribution is 2.27. The van der Waals surface area contributed by atoms with E-state index in [1.54, 1.807) is 31.4 Å². The van der Waals surface area contributed by atoms with Crippen LogP contribution >= 0.6 is 23.4 Å². The van der Waals surface area contributed by atoms with Crippen molar-refractivity contribution in [3.05, 3.63) is 53.6 Å². The van der Waals surface area contributed by atoms with Crippen LogP contribution in [0.25, 0.3) is 0 Å². The molecule has 1 atom stereocenters. The number of nitrogens with one attached hydrogen (secondary N) is 1. The molecule has 1 N–H and O–H groups in total. The van der Waals surface area contributed by atoms with E-state index in [9.17, 15) is 4.79 Å². The highest BCUT2D eigenvalue weighted by atomic mass is 35.5. The van der Waals surface area contributed by atoms with Gasteiger partial charge in [0, 0.05) is 15.6 Å². The number of ether oxygens (including phenoxy) is 1. The van der Waals surface area contributed by atoms with Crippen molar-refractivity contribution < 1.29 is 9.53 Å². The average molecular weight is 322 g/mol. The van der Waals surface area contributed by atoms with Crippen molar-refractivity contribution in [1.82, 2.24) is 0 Å². The van der Waals surface area contributed by atoms with Gasteiger partial charge in [-0.15, -0.1) is 11.8 Å². The fourth-order valence-corrected chi connectivity index (χ4v) is 2.75. The van der Waals surface area contributed by atoms with Gasteiger partial charge in [0.1, 0.15) is 5.75 Å². The largest absolute Gasteiger partial charge is 0.497 e. The number of halogens is 1. The van der Waals surface area contributed by atoms with E-state index in [-0.39, 0.29) is 11.2 Å². The third-order valence-corrected chi connectivity index (χ3v) is 4.18. The van der Waals surface area contributed by atoms with Crippen LogP contribution in [0.3, 0.4) is 0 Å². The number of carbonyl (C=O) groups is 1. The van der Waals surface area contributed by atoms with Crippen LogP contribution in [0.15, 0.2) is 53.4 Å². The van der Waals surface area contributed by atoms with Gasteiger partial charge in [-0.3, -0.25) is 4.79 Å². The Morgan fingerprint density at radius 2 is 1.95 bits per heavy atom. The van der Waals surface area contributed by atoms with Crippen molar-refractivity contribution in [3.63, 3.8) is 0 Å². The molecule has 21 heavy (non-hydrogen) atoms. The summed E-state index contributed by atoms with van der Waals surface area (Å²) >= 11 is 7.30. The number of carbonyl (C=O) groups excluding carboxylic acids is 1. The van der Waals surface area contributed by atoms with E-state index >= 15 is 0 Å². The van der Waals surface area contributed by atoms with Gasteiger partial charge in [-0.2, -0.15) is 0 Å². The van der Waals surface area contributed by atoms with Crippen LogP contribution in [0.1, 0.15) is 6.92 Å². The Bertz CT molecular complexity index is 616. The first-order chi connectivity index (χ1) is 10.1. The van der Waals surface area contributed by atoms with Gasteiger partial charge in [0.05, 0.1) is 12.4 Å². The molecule has 0 spiro atoms. The summed E-state index contributed by atoms with van der Waals surface area (Å²) in [4.78, 5) is 13.2. The number of anilines is 1. The number of hydrogen-bond donors (Lipinski definition) is 1. The Kier molecular flexibility index (Phi) is 5.53. The lowest BCUT2D eigenvalue weighted by Crippen LogP contribution is -2.22. The van der Waals surface area contributed by atoms with Crippen molar-refractivity contribution in [2.75, 3.05) is 12.4 Å². The Hall–Kier alpha value is -1.65. The van der Waals surface area contributed by atoms with Gasteiger partial charge in [0.25, 0.3) is 0 Å². The number of benzene rings is 2. The van der Waals surface area contributed by atoms with Crippen LogP contribution in [0.4, 0.5) is 5.69 Å². The second-order valence-electron chi connectivity index (χ2n) is 4.44.